The molecule has 2 N–H and O–H groups in total. The number of nitrogens with one attached hydrogen (secondary N) is 2. The highest BCUT2D eigenvalue weighted by Gasteiger charge is 2.08. The van der Waals surface area contributed by atoms with Gasteiger partial charge < -0.3 is 10.3 Å². The zero-order valence-corrected chi connectivity index (χ0v) is 10.6. The Labute approximate surface area is 112 Å². The van der Waals surface area contributed by atoms with Crippen LogP contribution >= 0.6 is 11.8 Å². The number of nitrogens with zero attached hydrogens (tertiary/aromatic N) is 1. The van der Waals surface area contributed by atoms with Gasteiger partial charge in [0.25, 0.3) is 0 Å². The molecule has 0 radical (unpaired) electrons. The molecule has 0 bridgehead atoms. The van der Waals surface area contributed by atoms with Crippen LogP contribution in [0.3, 0.4) is 0 Å². The molecule has 0 saturated heterocycles. The molecule has 19 heavy (non-hydrogen) atoms. The summed E-state index contributed by atoms with van der Waals surface area (Å²) in [5.41, 5.74) is 0. The molecule has 1 aromatic carbocycles. The molecule has 1 heterocycles. The van der Waals surface area contributed by atoms with Crippen LogP contribution < -0.4 is 5.32 Å². The van der Waals surface area contributed by atoms with Crippen LogP contribution in [0, 0.1) is 11.6 Å². The van der Waals surface area contributed by atoms with E-state index in [4.69, 9.17) is 0 Å². The summed E-state index contributed by atoms with van der Waals surface area (Å²) in [4.78, 5) is 18.6. The molecule has 0 atom stereocenters. The SMILES string of the molecule is O=C(CSc1ccc(F)cc1F)NCc1ncc[nH]1. The summed E-state index contributed by atoms with van der Waals surface area (Å²) in [6.07, 6.45) is 3.24. The van der Waals surface area contributed by atoms with Crippen LogP contribution in [-0.2, 0) is 11.3 Å². The minimum atomic E-state index is -0.663. The van der Waals surface area contributed by atoms with Gasteiger partial charge in [0.2, 0.25) is 5.91 Å². The Morgan fingerprint density at radius 1 is 1.42 bits per heavy atom. The second kappa shape index (κ2) is 6.33. The number of amides is 1. The first kappa shape index (κ1) is 13.5. The number of benzene rings is 1. The number of hydrogen-bond acceptors (Lipinski definition) is 3. The molecule has 0 saturated carbocycles. The van der Waals surface area contributed by atoms with Gasteiger partial charge in [-0.15, -0.1) is 11.8 Å². The van der Waals surface area contributed by atoms with Gasteiger partial charge in [0.1, 0.15) is 17.5 Å². The van der Waals surface area contributed by atoms with Crippen molar-refractivity contribution in [3.05, 3.63) is 48.1 Å². The normalized spacial score (nSPS) is 10.4. The zero-order chi connectivity index (χ0) is 13.7. The fourth-order valence-corrected chi connectivity index (χ4v) is 2.11. The van der Waals surface area contributed by atoms with E-state index in [0.717, 1.165) is 23.9 Å². The number of thioether (sulfide) groups is 1. The number of carbonyl (C=O) groups is 1. The summed E-state index contributed by atoms with van der Waals surface area (Å²) >= 11 is 1.02. The Morgan fingerprint density at radius 3 is 2.95 bits per heavy atom. The Bertz CT molecular complexity index is 560. The summed E-state index contributed by atoms with van der Waals surface area (Å²) in [7, 11) is 0. The van der Waals surface area contributed by atoms with Gasteiger partial charge in [-0.25, -0.2) is 13.8 Å². The average Bonchev–Trinajstić information content (AvgIpc) is 2.88. The van der Waals surface area contributed by atoms with E-state index in [0.29, 0.717) is 5.82 Å². The Hall–Kier alpha value is -1.89. The average molecular weight is 283 g/mol. The third-order valence-electron chi connectivity index (χ3n) is 2.26. The molecule has 0 aliphatic carbocycles. The molecule has 0 fully saturated rings. The maximum Gasteiger partial charge on any atom is 0.230 e. The van der Waals surface area contributed by atoms with Crippen molar-refractivity contribution in [3.8, 4) is 0 Å². The molecule has 0 unspecified atom stereocenters. The number of rotatable bonds is 5. The summed E-state index contributed by atoms with van der Waals surface area (Å²) in [6.45, 7) is 0.290. The van der Waals surface area contributed by atoms with Crippen molar-refractivity contribution in [1.82, 2.24) is 15.3 Å². The molecule has 4 nitrogen and oxygen atoms in total. The number of aromatic amines is 1. The van der Waals surface area contributed by atoms with Gasteiger partial charge in [0, 0.05) is 23.4 Å². The molecule has 1 amide bonds. The quantitative estimate of drug-likeness (QED) is 0.826. The maximum atomic E-state index is 13.3. The number of halogens is 2. The Kier molecular flexibility index (Phi) is 4.51. The highest BCUT2D eigenvalue weighted by Crippen LogP contribution is 2.21. The van der Waals surface area contributed by atoms with Gasteiger partial charge in [0.15, 0.2) is 0 Å². The predicted molar refractivity (Wildman–Crippen MR) is 67.5 cm³/mol. The maximum absolute atomic E-state index is 13.3. The molecule has 0 spiro atoms. The van der Waals surface area contributed by atoms with E-state index in [1.54, 1.807) is 12.4 Å². The van der Waals surface area contributed by atoms with Crippen LogP contribution in [0.15, 0.2) is 35.5 Å². The topological polar surface area (TPSA) is 57.8 Å². The van der Waals surface area contributed by atoms with Gasteiger partial charge in [0.05, 0.1) is 12.3 Å². The standard InChI is InChI=1S/C12H11F2N3OS/c13-8-1-2-10(9(14)5-8)19-7-12(18)17-6-11-15-3-4-16-11/h1-5H,6-7H2,(H,15,16)(H,17,18). The summed E-state index contributed by atoms with van der Waals surface area (Å²) in [6, 6.07) is 3.27. The number of carbonyl (C=O) groups excluding carboxylic acids is 1. The molecule has 7 heteroatoms. The minimum Gasteiger partial charge on any atom is -0.348 e. The molecule has 100 valence electrons. The highest BCUT2D eigenvalue weighted by molar-refractivity contribution is 8.00. The van der Waals surface area contributed by atoms with Gasteiger partial charge in [-0.05, 0) is 12.1 Å². The minimum absolute atomic E-state index is 0.0588. The summed E-state index contributed by atoms with van der Waals surface area (Å²) in [5.74, 6) is -0.840. The third kappa shape index (κ3) is 4.06. The second-order valence-electron chi connectivity index (χ2n) is 3.68. The lowest BCUT2D eigenvalue weighted by molar-refractivity contribution is -0.118. The Balaban J connectivity index is 1.80. The van der Waals surface area contributed by atoms with Crippen molar-refractivity contribution in [2.75, 3.05) is 5.75 Å². The summed E-state index contributed by atoms with van der Waals surface area (Å²) in [5, 5.41) is 2.64. The lowest BCUT2D eigenvalue weighted by atomic mass is 10.3. The van der Waals surface area contributed by atoms with E-state index < -0.39 is 11.6 Å². The number of hydrogen-bond donors (Lipinski definition) is 2. The van der Waals surface area contributed by atoms with E-state index in [-0.39, 0.29) is 23.1 Å². The van der Waals surface area contributed by atoms with E-state index in [1.165, 1.54) is 6.07 Å². The number of H-pyrrole nitrogens is 1. The van der Waals surface area contributed by atoms with E-state index >= 15 is 0 Å². The second-order valence-corrected chi connectivity index (χ2v) is 4.69. The molecular weight excluding hydrogens is 272 g/mol. The van der Waals surface area contributed by atoms with Crippen LogP contribution in [0.4, 0.5) is 8.78 Å². The smallest absolute Gasteiger partial charge is 0.230 e. The molecule has 2 aromatic rings. The van der Waals surface area contributed by atoms with E-state index in [9.17, 15) is 13.6 Å². The van der Waals surface area contributed by atoms with Crippen molar-refractivity contribution >= 4 is 17.7 Å². The van der Waals surface area contributed by atoms with Gasteiger partial charge in [-0.3, -0.25) is 4.79 Å². The van der Waals surface area contributed by atoms with Crippen molar-refractivity contribution in [1.29, 1.82) is 0 Å². The predicted octanol–water partition coefficient (Wildman–Crippen LogP) is 2.10. The number of imidazole rings is 1. The van der Waals surface area contributed by atoms with Crippen LogP contribution in [0.25, 0.3) is 0 Å². The largest absolute Gasteiger partial charge is 0.348 e. The van der Waals surface area contributed by atoms with Crippen molar-refractivity contribution in [2.24, 2.45) is 0 Å². The lowest BCUT2D eigenvalue weighted by Gasteiger charge is -2.04. The molecular formula is C12H11F2N3OS. The zero-order valence-electron chi connectivity index (χ0n) is 9.82. The van der Waals surface area contributed by atoms with Gasteiger partial charge >= 0.3 is 0 Å². The lowest BCUT2D eigenvalue weighted by Crippen LogP contribution is -2.25. The molecule has 0 aliphatic heterocycles. The van der Waals surface area contributed by atoms with Crippen molar-refractivity contribution in [3.63, 3.8) is 0 Å². The van der Waals surface area contributed by atoms with E-state index in [2.05, 4.69) is 15.3 Å². The van der Waals surface area contributed by atoms with Crippen LogP contribution in [0.2, 0.25) is 0 Å². The van der Waals surface area contributed by atoms with Crippen LogP contribution in [-0.4, -0.2) is 21.6 Å². The first-order valence-corrected chi connectivity index (χ1v) is 6.46. The van der Waals surface area contributed by atoms with Crippen molar-refractivity contribution in [2.45, 2.75) is 11.4 Å². The molecule has 2 rings (SSSR count). The van der Waals surface area contributed by atoms with Crippen LogP contribution in [0.5, 0.6) is 0 Å². The molecule has 0 aliphatic rings. The van der Waals surface area contributed by atoms with Gasteiger partial charge in [-0.2, -0.15) is 0 Å². The first-order valence-electron chi connectivity index (χ1n) is 5.48. The fourth-order valence-electron chi connectivity index (χ4n) is 1.36. The third-order valence-corrected chi connectivity index (χ3v) is 3.31. The number of aromatic nitrogens is 2. The van der Waals surface area contributed by atoms with Gasteiger partial charge in [-0.1, -0.05) is 0 Å². The molecule has 1 aromatic heterocycles. The van der Waals surface area contributed by atoms with Crippen LogP contribution in [0.1, 0.15) is 5.82 Å². The van der Waals surface area contributed by atoms with E-state index in [1.807, 2.05) is 0 Å². The summed E-state index contributed by atoms with van der Waals surface area (Å²) < 4.78 is 26.0. The highest BCUT2D eigenvalue weighted by atomic mass is 32.2. The fraction of sp³-hybridized carbons (Fsp3) is 0.167. The van der Waals surface area contributed by atoms with Crippen molar-refractivity contribution < 1.29 is 13.6 Å². The first-order chi connectivity index (χ1) is 9.15. The Morgan fingerprint density at radius 2 is 2.26 bits per heavy atom. The monoisotopic (exact) mass is 283 g/mol.